The highest BCUT2D eigenvalue weighted by Gasteiger charge is 2.60. The molecule has 0 radical (unpaired) electrons. The third kappa shape index (κ3) is 6.97. The van der Waals surface area contributed by atoms with Crippen LogP contribution in [0.1, 0.15) is 50.7 Å². The van der Waals surface area contributed by atoms with Crippen molar-refractivity contribution in [1.29, 1.82) is 0 Å². The van der Waals surface area contributed by atoms with Crippen LogP contribution in [-0.2, 0) is 17.5 Å². The standard InChI is InChI=1S/C24H30F9N3O2/c1-3-36(15-16-6-7-17(22(25,26)27)14-18(16)34-10-4-5-11-34)21(2)8-12-35(13-9-21)20(37)38-19(23(28,29)30)24(31,32)33/h6-7,14,19H,3-5,8-13,15H2,1-2H3. The Labute approximate surface area is 214 Å². The van der Waals surface area contributed by atoms with Crippen LogP contribution in [-0.4, -0.2) is 72.6 Å². The van der Waals surface area contributed by atoms with Crippen LogP contribution in [0.4, 0.5) is 50.0 Å². The van der Waals surface area contributed by atoms with Crippen LogP contribution in [0.15, 0.2) is 18.2 Å². The molecule has 2 aliphatic heterocycles. The molecule has 38 heavy (non-hydrogen) atoms. The lowest BCUT2D eigenvalue weighted by Crippen LogP contribution is -2.55. The Morgan fingerprint density at radius 1 is 0.974 bits per heavy atom. The fourth-order valence-electron chi connectivity index (χ4n) is 5.00. The minimum Gasteiger partial charge on any atom is -0.426 e. The number of amides is 1. The van der Waals surface area contributed by atoms with E-state index in [4.69, 9.17) is 0 Å². The molecule has 216 valence electrons. The van der Waals surface area contributed by atoms with Crippen molar-refractivity contribution in [3.63, 3.8) is 0 Å². The van der Waals surface area contributed by atoms with Gasteiger partial charge < -0.3 is 14.5 Å². The van der Waals surface area contributed by atoms with Crippen LogP contribution >= 0.6 is 0 Å². The Morgan fingerprint density at radius 2 is 1.53 bits per heavy atom. The summed E-state index contributed by atoms with van der Waals surface area (Å²) in [4.78, 5) is 16.9. The number of carbonyl (C=O) groups is 1. The van der Waals surface area contributed by atoms with Gasteiger partial charge in [0.15, 0.2) is 0 Å². The van der Waals surface area contributed by atoms with Crippen molar-refractivity contribution in [2.24, 2.45) is 0 Å². The van der Waals surface area contributed by atoms with Gasteiger partial charge in [0.05, 0.1) is 5.56 Å². The van der Waals surface area contributed by atoms with Crippen molar-refractivity contribution in [2.75, 3.05) is 37.6 Å². The molecule has 2 fully saturated rings. The lowest BCUT2D eigenvalue weighted by Gasteiger charge is -2.46. The maximum Gasteiger partial charge on any atom is 0.434 e. The van der Waals surface area contributed by atoms with Crippen LogP contribution < -0.4 is 4.90 Å². The first kappa shape index (κ1) is 30.2. The number of anilines is 1. The lowest BCUT2D eigenvalue weighted by molar-refractivity contribution is -0.308. The monoisotopic (exact) mass is 563 g/mol. The van der Waals surface area contributed by atoms with E-state index >= 15 is 0 Å². The molecule has 2 heterocycles. The highest BCUT2D eigenvalue weighted by molar-refractivity contribution is 5.68. The predicted molar refractivity (Wildman–Crippen MR) is 121 cm³/mol. The number of nitrogens with zero attached hydrogens (tertiary/aromatic N) is 3. The van der Waals surface area contributed by atoms with Gasteiger partial charge in [-0.05, 0) is 56.8 Å². The van der Waals surface area contributed by atoms with Crippen LogP contribution in [0.5, 0.6) is 0 Å². The SMILES string of the molecule is CCN(Cc1ccc(C(F)(F)F)cc1N1CCCC1)C1(C)CCN(C(=O)OC(C(F)(F)F)C(F)(F)F)CC1. The van der Waals surface area contributed by atoms with Crippen molar-refractivity contribution >= 4 is 11.8 Å². The summed E-state index contributed by atoms with van der Waals surface area (Å²) in [6, 6.07) is 3.62. The molecule has 0 bridgehead atoms. The fourth-order valence-corrected chi connectivity index (χ4v) is 5.00. The summed E-state index contributed by atoms with van der Waals surface area (Å²) in [6.07, 6.45) is -19.8. The minimum absolute atomic E-state index is 0.139. The Balaban J connectivity index is 1.73. The smallest absolute Gasteiger partial charge is 0.426 e. The number of rotatable bonds is 6. The molecule has 2 saturated heterocycles. The van der Waals surface area contributed by atoms with E-state index < -0.39 is 41.8 Å². The molecule has 5 nitrogen and oxygen atoms in total. The summed E-state index contributed by atoms with van der Waals surface area (Å²) >= 11 is 0. The van der Waals surface area contributed by atoms with E-state index in [1.807, 2.05) is 23.6 Å². The number of hydrogen-bond acceptors (Lipinski definition) is 4. The van der Waals surface area contributed by atoms with Gasteiger partial charge in [-0.2, -0.15) is 39.5 Å². The summed E-state index contributed by atoms with van der Waals surface area (Å²) in [5.41, 5.74) is -0.182. The molecule has 0 saturated carbocycles. The zero-order valence-corrected chi connectivity index (χ0v) is 20.9. The van der Waals surface area contributed by atoms with Gasteiger partial charge in [0.25, 0.3) is 6.10 Å². The fraction of sp³-hybridized carbons (Fsp3) is 0.708. The Bertz CT molecular complexity index is 950. The molecule has 14 heteroatoms. The minimum atomic E-state index is -5.80. The first-order chi connectivity index (χ1) is 17.5. The second kappa shape index (κ2) is 11.0. The number of benzene rings is 1. The Morgan fingerprint density at radius 3 is 2.00 bits per heavy atom. The maximum atomic E-state index is 13.4. The molecule has 1 aromatic carbocycles. The van der Waals surface area contributed by atoms with Crippen molar-refractivity contribution < 1.29 is 49.0 Å². The molecular weight excluding hydrogens is 533 g/mol. The number of alkyl halides is 9. The van der Waals surface area contributed by atoms with Gasteiger partial charge in [0.2, 0.25) is 0 Å². The summed E-state index contributed by atoms with van der Waals surface area (Å²) in [5.74, 6) is 0. The zero-order valence-electron chi connectivity index (χ0n) is 20.9. The van der Waals surface area contributed by atoms with Crippen LogP contribution in [0.25, 0.3) is 0 Å². The Kier molecular flexibility index (Phi) is 8.74. The van der Waals surface area contributed by atoms with Crippen molar-refractivity contribution in [2.45, 2.75) is 76.2 Å². The van der Waals surface area contributed by atoms with Crippen molar-refractivity contribution in [1.82, 2.24) is 9.80 Å². The van der Waals surface area contributed by atoms with Gasteiger partial charge in [0.1, 0.15) is 0 Å². The molecule has 3 rings (SSSR count). The summed E-state index contributed by atoms with van der Waals surface area (Å²) < 4.78 is 121. The van der Waals surface area contributed by atoms with Crippen LogP contribution in [0.3, 0.4) is 0 Å². The van der Waals surface area contributed by atoms with Gasteiger partial charge in [0, 0.05) is 44.0 Å². The molecule has 2 aliphatic rings. The molecule has 1 aromatic rings. The van der Waals surface area contributed by atoms with Crippen molar-refractivity contribution in [3.05, 3.63) is 29.3 Å². The molecule has 0 aliphatic carbocycles. The second-order valence-corrected chi connectivity index (χ2v) is 9.88. The van der Waals surface area contributed by atoms with E-state index in [0.29, 0.717) is 30.9 Å². The first-order valence-corrected chi connectivity index (χ1v) is 12.2. The zero-order chi connectivity index (χ0) is 28.5. The average Bonchev–Trinajstić information content (AvgIpc) is 3.34. The van der Waals surface area contributed by atoms with Gasteiger partial charge in [-0.25, -0.2) is 4.79 Å². The maximum absolute atomic E-state index is 13.4. The number of halogens is 9. The average molecular weight is 564 g/mol. The lowest BCUT2D eigenvalue weighted by atomic mass is 9.87. The van der Waals surface area contributed by atoms with E-state index in [-0.39, 0.29) is 32.5 Å². The number of ether oxygens (including phenoxy) is 1. The quantitative estimate of drug-likeness (QED) is 0.365. The van der Waals surface area contributed by atoms with Crippen molar-refractivity contribution in [3.8, 4) is 0 Å². The van der Waals surface area contributed by atoms with E-state index in [1.54, 1.807) is 0 Å². The predicted octanol–water partition coefficient (Wildman–Crippen LogP) is 6.61. The normalized spacial score (nSPS) is 19.0. The number of hydrogen-bond donors (Lipinski definition) is 0. The third-order valence-electron chi connectivity index (χ3n) is 7.28. The molecule has 0 atom stereocenters. The topological polar surface area (TPSA) is 36.0 Å². The summed E-state index contributed by atoms with van der Waals surface area (Å²) in [5, 5.41) is 0. The highest BCUT2D eigenvalue weighted by Crippen LogP contribution is 2.39. The highest BCUT2D eigenvalue weighted by atomic mass is 19.4. The molecular formula is C24H30F9N3O2. The van der Waals surface area contributed by atoms with Crippen LogP contribution in [0.2, 0.25) is 0 Å². The van der Waals surface area contributed by atoms with E-state index in [0.717, 1.165) is 29.9 Å². The number of likely N-dealkylation sites (tertiary alicyclic amines) is 1. The van der Waals surface area contributed by atoms with Gasteiger partial charge in [-0.3, -0.25) is 4.90 Å². The molecule has 0 unspecified atom stereocenters. The van der Waals surface area contributed by atoms with Gasteiger partial charge in [-0.1, -0.05) is 13.0 Å². The van der Waals surface area contributed by atoms with E-state index in [2.05, 4.69) is 4.74 Å². The van der Waals surface area contributed by atoms with E-state index in [9.17, 15) is 44.3 Å². The Hall–Kier alpha value is -2.38. The van der Waals surface area contributed by atoms with Crippen LogP contribution in [0, 0.1) is 0 Å². The van der Waals surface area contributed by atoms with Gasteiger partial charge in [-0.15, -0.1) is 0 Å². The first-order valence-electron chi connectivity index (χ1n) is 12.2. The summed E-state index contributed by atoms with van der Waals surface area (Å²) in [7, 11) is 0. The molecule has 0 spiro atoms. The second-order valence-electron chi connectivity index (χ2n) is 9.88. The molecule has 0 N–H and O–H groups in total. The summed E-state index contributed by atoms with van der Waals surface area (Å²) in [6.45, 7) is 5.45. The third-order valence-corrected chi connectivity index (χ3v) is 7.28. The molecule has 0 aromatic heterocycles. The largest absolute Gasteiger partial charge is 0.434 e. The molecule has 1 amide bonds. The number of carbonyl (C=O) groups excluding carboxylic acids is 1. The van der Waals surface area contributed by atoms with E-state index in [1.165, 1.54) is 6.07 Å². The number of piperidine rings is 1. The van der Waals surface area contributed by atoms with Gasteiger partial charge >= 0.3 is 24.6 Å².